The summed E-state index contributed by atoms with van der Waals surface area (Å²) in [5.41, 5.74) is 0.780. The summed E-state index contributed by atoms with van der Waals surface area (Å²) < 4.78 is 3.65. The minimum atomic E-state index is -0.131. The lowest BCUT2D eigenvalue weighted by Gasteiger charge is -2.43. The predicted molar refractivity (Wildman–Crippen MR) is 108 cm³/mol. The monoisotopic (exact) mass is 412 g/mol. The standard InChI is InChI=1S/C20H28N8O2/c1-25-7-6-15(24-25)12-17(29)27-9-8-26-10-11-28-18(16(26)13-27)22-23-19(28)20(30)21-14-4-2-3-5-14/h6-7,14,16H,2-5,8-13H2,1H3,(H,21,30). The van der Waals surface area contributed by atoms with Gasteiger partial charge in [0.05, 0.1) is 18.2 Å². The zero-order valence-corrected chi connectivity index (χ0v) is 17.3. The molecule has 30 heavy (non-hydrogen) atoms. The van der Waals surface area contributed by atoms with E-state index in [9.17, 15) is 9.59 Å². The van der Waals surface area contributed by atoms with Crippen molar-refractivity contribution in [2.24, 2.45) is 7.05 Å². The van der Waals surface area contributed by atoms with Crippen molar-refractivity contribution >= 4 is 11.8 Å². The first-order chi connectivity index (χ1) is 14.6. The van der Waals surface area contributed by atoms with Crippen LogP contribution < -0.4 is 5.32 Å². The van der Waals surface area contributed by atoms with E-state index in [4.69, 9.17) is 0 Å². The van der Waals surface area contributed by atoms with Gasteiger partial charge in [-0.1, -0.05) is 12.8 Å². The molecule has 1 N–H and O–H groups in total. The lowest BCUT2D eigenvalue weighted by Crippen LogP contribution is -2.54. The van der Waals surface area contributed by atoms with Crippen LogP contribution in [0.2, 0.25) is 0 Å². The first kappa shape index (κ1) is 19.2. The van der Waals surface area contributed by atoms with Crippen molar-refractivity contribution in [3.63, 3.8) is 0 Å². The SMILES string of the molecule is Cn1ccc(CC(=O)N2CCN3CCn4c(C(=O)NC5CCCC5)nnc4C3C2)n1. The number of hydrogen-bond acceptors (Lipinski definition) is 6. The summed E-state index contributed by atoms with van der Waals surface area (Å²) in [5.74, 6) is 1.12. The molecule has 0 aromatic carbocycles. The van der Waals surface area contributed by atoms with Crippen LogP contribution in [-0.4, -0.2) is 78.4 Å². The normalized spacial score (nSPS) is 22.0. The minimum Gasteiger partial charge on any atom is -0.347 e. The highest BCUT2D eigenvalue weighted by molar-refractivity contribution is 5.91. The third-order valence-corrected chi connectivity index (χ3v) is 6.53. The maximum atomic E-state index is 12.8. The average Bonchev–Trinajstić information content (AvgIpc) is 3.48. The van der Waals surface area contributed by atoms with Crippen LogP contribution >= 0.6 is 0 Å². The van der Waals surface area contributed by atoms with Crippen molar-refractivity contribution in [2.75, 3.05) is 26.2 Å². The number of amides is 2. The van der Waals surface area contributed by atoms with Crippen LogP contribution in [0.3, 0.4) is 0 Å². The molecule has 0 radical (unpaired) electrons. The Bertz CT molecular complexity index is 945. The molecule has 1 unspecified atom stereocenters. The van der Waals surface area contributed by atoms with Crippen LogP contribution in [0.5, 0.6) is 0 Å². The number of fused-ring (bicyclic) bond motifs is 3. The summed E-state index contributed by atoms with van der Waals surface area (Å²) in [5, 5.41) is 16.0. The molecule has 2 aromatic rings. The third kappa shape index (κ3) is 3.60. The Hall–Kier alpha value is -2.75. The van der Waals surface area contributed by atoms with Gasteiger partial charge in [-0.25, -0.2) is 0 Å². The van der Waals surface area contributed by atoms with E-state index >= 15 is 0 Å². The quantitative estimate of drug-likeness (QED) is 0.766. The van der Waals surface area contributed by atoms with E-state index in [0.29, 0.717) is 31.9 Å². The highest BCUT2D eigenvalue weighted by Gasteiger charge is 2.38. The van der Waals surface area contributed by atoms with Gasteiger partial charge in [0, 0.05) is 52.0 Å². The van der Waals surface area contributed by atoms with Gasteiger partial charge in [-0.15, -0.1) is 10.2 Å². The van der Waals surface area contributed by atoms with Crippen LogP contribution in [-0.2, 0) is 24.8 Å². The van der Waals surface area contributed by atoms with Crippen molar-refractivity contribution < 1.29 is 9.59 Å². The van der Waals surface area contributed by atoms with E-state index in [2.05, 4.69) is 25.5 Å². The van der Waals surface area contributed by atoms with Crippen molar-refractivity contribution in [1.82, 2.24) is 39.7 Å². The summed E-state index contributed by atoms with van der Waals surface area (Å²) in [6.07, 6.45) is 6.56. The molecule has 2 amide bonds. The molecule has 0 spiro atoms. The van der Waals surface area contributed by atoms with E-state index in [1.165, 1.54) is 12.8 Å². The van der Waals surface area contributed by atoms with Crippen molar-refractivity contribution in [2.45, 2.75) is 50.7 Å². The topological polar surface area (TPSA) is 101 Å². The molecule has 2 aromatic heterocycles. The Balaban J connectivity index is 1.29. The lowest BCUT2D eigenvalue weighted by molar-refractivity contribution is -0.134. The fraction of sp³-hybridized carbons (Fsp3) is 0.650. The molecule has 10 heteroatoms. The Labute approximate surface area is 175 Å². The molecule has 1 saturated carbocycles. The minimum absolute atomic E-state index is 0.0271. The predicted octanol–water partition coefficient (Wildman–Crippen LogP) is 0.126. The molecule has 10 nitrogen and oxygen atoms in total. The number of carbonyl (C=O) groups is 2. The number of rotatable bonds is 4. The van der Waals surface area contributed by atoms with E-state index in [1.807, 2.05) is 28.8 Å². The number of nitrogens with zero attached hydrogens (tertiary/aromatic N) is 7. The second-order valence-electron chi connectivity index (χ2n) is 8.54. The first-order valence-electron chi connectivity index (χ1n) is 10.8. The second-order valence-corrected chi connectivity index (χ2v) is 8.54. The average molecular weight is 412 g/mol. The van der Waals surface area contributed by atoms with E-state index < -0.39 is 0 Å². The zero-order chi connectivity index (χ0) is 20.7. The molecule has 160 valence electrons. The molecule has 1 aliphatic carbocycles. The number of aromatic nitrogens is 5. The maximum absolute atomic E-state index is 12.8. The van der Waals surface area contributed by atoms with E-state index in [-0.39, 0.29) is 23.9 Å². The maximum Gasteiger partial charge on any atom is 0.289 e. The van der Waals surface area contributed by atoms with Gasteiger partial charge in [0.25, 0.3) is 5.91 Å². The van der Waals surface area contributed by atoms with Gasteiger partial charge in [-0.05, 0) is 18.9 Å². The van der Waals surface area contributed by atoms with Gasteiger partial charge in [-0.3, -0.25) is 19.2 Å². The molecule has 1 saturated heterocycles. The molecular formula is C20H28N8O2. The van der Waals surface area contributed by atoms with Gasteiger partial charge < -0.3 is 14.8 Å². The summed E-state index contributed by atoms with van der Waals surface area (Å²) in [4.78, 5) is 29.8. The Morgan fingerprint density at radius 1 is 1.13 bits per heavy atom. The first-order valence-corrected chi connectivity index (χ1v) is 10.8. The smallest absolute Gasteiger partial charge is 0.289 e. The van der Waals surface area contributed by atoms with E-state index in [0.717, 1.165) is 37.4 Å². The molecule has 4 heterocycles. The van der Waals surface area contributed by atoms with Gasteiger partial charge in [-0.2, -0.15) is 5.10 Å². The van der Waals surface area contributed by atoms with Gasteiger partial charge in [0.2, 0.25) is 11.7 Å². The number of carbonyl (C=O) groups excluding carboxylic acids is 2. The van der Waals surface area contributed by atoms with Crippen molar-refractivity contribution in [3.8, 4) is 0 Å². The van der Waals surface area contributed by atoms with Crippen LogP contribution in [0.1, 0.15) is 53.9 Å². The van der Waals surface area contributed by atoms with Crippen molar-refractivity contribution in [1.29, 1.82) is 0 Å². The zero-order valence-electron chi connectivity index (χ0n) is 17.3. The molecule has 2 aliphatic heterocycles. The fourth-order valence-corrected chi connectivity index (χ4v) is 4.88. The number of piperazine rings is 1. The fourth-order valence-electron chi connectivity index (χ4n) is 4.88. The summed E-state index contributed by atoms with van der Waals surface area (Å²) >= 11 is 0. The molecule has 3 aliphatic rings. The van der Waals surface area contributed by atoms with Crippen LogP contribution in [0.15, 0.2) is 12.3 Å². The number of hydrogen-bond donors (Lipinski definition) is 1. The second kappa shape index (κ2) is 7.82. The molecule has 1 atom stereocenters. The highest BCUT2D eigenvalue weighted by atomic mass is 16.2. The molecule has 5 rings (SSSR count). The van der Waals surface area contributed by atoms with Gasteiger partial charge in [0.15, 0.2) is 5.82 Å². The third-order valence-electron chi connectivity index (χ3n) is 6.53. The summed E-state index contributed by atoms with van der Waals surface area (Å²) in [6, 6.07) is 2.10. The Kier molecular flexibility index (Phi) is 5.01. The van der Waals surface area contributed by atoms with Crippen molar-refractivity contribution in [3.05, 3.63) is 29.6 Å². The largest absolute Gasteiger partial charge is 0.347 e. The number of nitrogens with one attached hydrogen (secondary N) is 1. The molecule has 2 fully saturated rings. The summed E-state index contributed by atoms with van der Waals surface area (Å²) in [6.45, 7) is 3.60. The summed E-state index contributed by atoms with van der Waals surface area (Å²) in [7, 11) is 1.85. The van der Waals surface area contributed by atoms with Crippen LogP contribution in [0, 0.1) is 0 Å². The van der Waals surface area contributed by atoms with Gasteiger partial charge in [0.1, 0.15) is 0 Å². The van der Waals surface area contributed by atoms with Crippen LogP contribution in [0.25, 0.3) is 0 Å². The number of aryl methyl sites for hydroxylation is 1. The van der Waals surface area contributed by atoms with Gasteiger partial charge >= 0.3 is 0 Å². The Morgan fingerprint density at radius 3 is 2.70 bits per heavy atom. The van der Waals surface area contributed by atoms with E-state index in [1.54, 1.807) is 4.68 Å². The molecular weight excluding hydrogens is 384 g/mol. The highest BCUT2D eigenvalue weighted by Crippen LogP contribution is 2.29. The lowest BCUT2D eigenvalue weighted by atomic mass is 10.1. The molecule has 0 bridgehead atoms. The Morgan fingerprint density at radius 2 is 1.93 bits per heavy atom. The van der Waals surface area contributed by atoms with Crippen LogP contribution in [0.4, 0.5) is 0 Å².